The van der Waals surface area contributed by atoms with E-state index in [1.807, 2.05) is 6.92 Å². The van der Waals surface area contributed by atoms with Crippen molar-refractivity contribution in [1.29, 1.82) is 0 Å². The van der Waals surface area contributed by atoms with E-state index in [0.717, 1.165) is 10.1 Å². The largest absolute Gasteiger partial charge is 0.393 e. The maximum atomic E-state index is 12.0. The minimum atomic E-state index is -0.457. The van der Waals surface area contributed by atoms with E-state index in [1.165, 1.54) is 10.8 Å². The Kier molecular flexibility index (Phi) is 3.27. The van der Waals surface area contributed by atoms with Gasteiger partial charge in [-0.1, -0.05) is 0 Å². The first kappa shape index (κ1) is 12.1. The molecule has 2 aromatic rings. The minimum Gasteiger partial charge on any atom is -0.393 e. The maximum Gasteiger partial charge on any atom is 0.331 e. The highest BCUT2D eigenvalue weighted by Crippen LogP contribution is 1.98. The molecule has 0 aliphatic rings. The minimum absolute atomic E-state index is 0.0745. The molecule has 0 unspecified atom stereocenters. The van der Waals surface area contributed by atoms with Crippen molar-refractivity contribution in [2.45, 2.75) is 20.0 Å². The summed E-state index contributed by atoms with van der Waals surface area (Å²) >= 11 is 0. The summed E-state index contributed by atoms with van der Waals surface area (Å²) in [6.45, 7) is 2.49. The maximum absolute atomic E-state index is 12.0. The van der Waals surface area contributed by atoms with E-state index in [-0.39, 0.29) is 17.9 Å². The second-order valence-corrected chi connectivity index (χ2v) is 3.90. The molecule has 0 radical (unpaired) electrons. The van der Waals surface area contributed by atoms with Crippen molar-refractivity contribution in [2.24, 2.45) is 0 Å². The first-order valence-electron chi connectivity index (χ1n) is 5.62. The van der Waals surface area contributed by atoms with Crippen molar-refractivity contribution in [3.05, 3.63) is 57.1 Å². The molecule has 0 spiro atoms. The van der Waals surface area contributed by atoms with E-state index in [2.05, 4.69) is 4.98 Å². The summed E-state index contributed by atoms with van der Waals surface area (Å²) in [4.78, 5) is 27.8. The first-order chi connectivity index (χ1) is 8.63. The third kappa shape index (κ3) is 2.17. The number of nitrogen functional groups attached to an aromatic ring is 1. The van der Waals surface area contributed by atoms with Gasteiger partial charge in [-0.3, -0.25) is 18.9 Å². The Bertz CT molecular complexity index is 658. The average molecular weight is 246 g/mol. The predicted molar refractivity (Wildman–Crippen MR) is 68.4 cm³/mol. The molecular formula is C12H14N4O2. The predicted octanol–water partition coefficient (Wildman–Crippen LogP) is 0.0554. The van der Waals surface area contributed by atoms with Crippen LogP contribution in [0.4, 0.5) is 5.69 Å². The zero-order valence-electron chi connectivity index (χ0n) is 10.0. The highest BCUT2D eigenvalue weighted by Gasteiger charge is 2.08. The zero-order valence-corrected chi connectivity index (χ0v) is 10.0. The molecular weight excluding hydrogens is 232 g/mol. The normalized spacial score (nSPS) is 10.5. The third-order valence-corrected chi connectivity index (χ3v) is 2.69. The van der Waals surface area contributed by atoms with Crippen LogP contribution in [0.15, 0.2) is 40.3 Å². The van der Waals surface area contributed by atoms with Gasteiger partial charge in [0, 0.05) is 25.1 Å². The summed E-state index contributed by atoms with van der Waals surface area (Å²) in [5, 5.41) is 0. The molecule has 6 heteroatoms. The summed E-state index contributed by atoms with van der Waals surface area (Å²) in [5.74, 6) is 0. The summed E-state index contributed by atoms with van der Waals surface area (Å²) in [6.07, 6.45) is 4.61. The summed E-state index contributed by atoms with van der Waals surface area (Å²) in [5.41, 5.74) is 5.71. The molecule has 0 saturated carbocycles. The molecule has 94 valence electrons. The van der Waals surface area contributed by atoms with E-state index in [1.54, 1.807) is 24.5 Å². The summed E-state index contributed by atoms with van der Waals surface area (Å²) < 4.78 is 2.55. The van der Waals surface area contributed by atoms with E-state index in [4.69, 9.17) is 5.73 Å². The molecule has 0 bridgehead atoms. The van der Waals surface area contributed by atoms with Gasteiger partial charge in [0.05, 0.1) is 6.54 Å². The number of aromatic nitrogens is 3. The molecule has 18 heavy (non-hydrogen) atoms. The van der Waals surface area contributed by atoms with Crippen LogP contribution in [0.1, 0.15) is 12.5 Å². The van der Waals surface area contributed by atoms with Gasteiger partial charge >= 0.3 is 5.69 Å². The molecule has 0 fully saturated rings. The van der Waals surface area contributed by atoms with Crippen molar-refractivity contribution in [3.63, 3.8) is 0 Å². The summed E-state index contributed by atoms with van der Waals surface area (Å²) in [6, 6.07) is 3.51. The molecule has 2 heterocycles. The Morgan fingerprint density at radius 3 is 2.56 bits per heavy atom. The Balaban J connectivity index is 2.54. The number of hydrogen-bond acceptors (Lipinski definition) is 4. The van der Waals surface area contributed by atoms with Crippen LogP contribution >= 0.6 is 0 Å². The Morgan fingerprint density at radius 2 is 1.94 bits per heavy atom. The fourth-order valence-electron chi connectivity index (χ4n) is 1.71. The fourth-order valence-corrected chi connectivity index (χ4v) is 1.71. The number of pyridine rings is 1. The van der Waals surface area contributed by atoms with Crippen LogP contribution in [0.3, 0.4) is 0 Å². The monoisotopic (exact) mass is 246 g/mol. The van der Waals surface area contributed by atoms with Gasteiger partial charge in [0.1, 0.15) is 5.69 Å². The standard InChI is InChI=1S/C12H14N4O2/c1-2-15-8-10(13)11(17)16(12(15)18)7-9-3-5-14-6-4-9/h3-6,8H,2,7,13H2,1H3. The molecule has 2 N–H and O–H groups in total. The van der Waals surface area contributed by atoms with Crippen LogP contribution in [0.25, 0.3) is 0 Å². The van der Waals surface area contributed by atoms with Gasteiger partial charge < -0.3 is 5.73 Å². The molecule has 6 nitrogen and oxygen atoms in total. The van der Waals surface area contributed by atoms with Crippen molar-refractivity contribution in [1.82, 2.24) is 14.1 Å². The van der Waals surface area contributed by atoms with Crippen molar-refractivity contribution in [2.75, 3.05) is 5.73 Å². The lowest BCUT2D eigenvalue weighted by Gasteiger charge is -2.09. The fraction of sp³-hybridized carbons (Fsp3) is 0.250. The third-order valence-electron chi connectivity index (χ3n) is 2.69. The van der Waals surface area contributed by atoms with E-state index in [9.17, 15) is 9.59 Å². The smallest absolute Gasteiger partial charge is 0.331 e. The van der Waals surface area contributed by atoms with E-state index in [0.29, 0.717) is 6.54 Å². The average Bonchev–Trinajstić information content (AvgIpc) is 2.40. The Labute approximate surface area is 103 Å². The van der Waals surface area contributed by atoms with Gasteiger partial charge in [-0.15, -0.1) is 0 Å². The van der Waals surface area contributed by atoms with Gasteiger partial charge in [0.25, 0.3) is 5.56 Å². The molecule has 2 aromatic heterocycles. The number of anilines is 1. The highest BCUT2D eigenvalue weighted by molar-refractivity contribution is 5.31. The van der Waals surface area contributed by atoms with Crippen molar-refractivity contribution in [3.8, 4) is 0 Å². The van der Waals surface area contributed by atoms with E-state index < -0.39 is 5.56 Å². The van der Waals surface area contributed by atoms with Crippen LogP contribution in [-0.2, 0) is 13.1 Å². The molecule has 2 rings (SSSR count). The van der Waals surface area contributed by atoms with Gasteiger partial charge in [-0.2, -0.15) is 0 Å². The topological polar surface area (TPSA) is 82.9 Å². The number of nitrogens with zero attached hydrogens (tertiary/aromatic N) is 3. The summed E-state index contributed by atoms with van der Waals surface area (Å²) in [7, 11) is 0. The lowest BCUT2D eigenvalue weighted by atomic mass is 10.2. The quantitative estimate of drug-likeness (QED) is 0.829. The molecule has 0 atom stereocenters. The van der Waals surface area contributed by atoms with Gasteiger partial charge in [0.15, 0.2) is 0 Å². The van der Waals surface area contributed by atoms with Crippen LogP contribution in [0.5, 0.6) is 0 Å². The zero-order chi connectivity index (χ0) is 13.1. The molecule has 0 amide bonds. The SMILES string of the molecule is CCn1cc(N)c(=O)n(Cc2ccncc2)c1=O. The lowest BCUT2D eigenvalue weighted by Crippen LogP contribution is -2.40. The number of aryl methyl sites for hydroxylation is 1. The highest BCUT2D eigenvalue weighted by atomic mass is 16.2. The number of hydrogen-bond donors (Lipinski definition) is 1. The van der Waals surface area contributed by atoms with Crippen LogP contribution in [0.2, 0.25) is 0 Å². The second kappa shape index (κ2) is 4.87. The van der Waals surface area contributed by atoms with Gasteiger partial charge in [-0.05, 0) is 24.6 Å². The lowest BCUT2D eigenvalue weighted by molar-refractivity contribution is 0.603. The van der Waals surface area contributed by atoms with E-state index >= 15 is 0 Å². The molecule has 0 aliphatic heterocycles. The number of nitrogens with two attached hydrogens (primary N) is 1. The van der Waals surface area contributed by atoms with Crippen LogP contribution < -0.4 is 17.0 Å². The van der Waals surface area contributed by atoms with Gasteiger partial charge in [0.2, 0.25) is 0 Å². The molecule has 0 aromatic carbocycles. The van der Waals surface area contributed by atoms with Crippen LogP contribution in [0, 0.1) is 0 Å². The Morgan fingerprint density at radius 1 is 1.28 bits per heavy atom. The van der Waals surface area contributed by atoms with Crippen LogP contribution in [-0.4, -0.2) is 14.1 Å². The Hall–Kier alpha value is -2.37. The number of rotatable bonds is 3. The van der Waals surface area contributed by atoms with Gasteiger partial charge in [-0.25, -0.2) is 4.79 Å². The van der Waals surface area contributed by atoms with Crippen molar-refractivity contribution < 1.29 is 0 Å². The molecule has 0 saturated heterocycles. The second-order valence-electron chi connectivity index (χ2n) is 3.90. The van der Waals surface area contributed by atoms with Crippen molar-refractivity contribution >= 4 is 5.69 Å². The molecule has 0 aliphatic carbocycles. The first-order valence-corrected chi connectivity index (χ1v) is 5.62.